The SMILES string of the molecule is CNC(=O)c1c(N)nsc1NCC(C)(C)N(C)C. The first kappa shape index (κ1) is 14.7. The molecule has 7 heteroatoms. The zero-order valence-electron chi connectivity index (χ0n) is 11.5. The number of carbonyl (C=O) groups is 1. The summed E-state index contributed by atoms with van der Waals surface area (Å²) in [6, 6.07) is 0. The molecule has 6 nitrogen and oxygen atoms in total. The van der Waals surface area contributed by atoms with Gasteiger partial charge in [0.1, 0.15) is 10.6 Å². The lowest BCUT2D eigenvalue weighted by Gasteiger charge is -2.32. The summed E-state index contributed by atoms with van der Waals surface area (Å²) in [6.45, 7) is 4.93. The normalized spacial score (nSPS) is 11.7. The number of nitrogen functional groups attached to an aromatic ring is 1. The van der Waals surface area contributed by atoms with E-state index in [1.165, 1.54) is 11.5 Å². The van der Waals surface area contributed by atoms with E-state index >= 15 is 0 Å². The molecule has 4 N–H and O–H groups in total. The maximum Gasteiger partial charge on any atom is 0.257 e. The van der Waals surface area contributed by atoms with Gasteiger partial charge in [-0.05, 0) is 39.5 Å². The van der Waals surface area contributed by atoms with Gasteiger partial charge < -0.3 is 21.3 Å². The molecule has 0 spiro atoms. The minimum atomic E-state index is -0.216. The minimum Gasteiger partial charge on any atom is -0.382 e. The Morgan fingerprint density at radius 1 is 1.50 bits per heavy atom. The van der Waals surface area contributed by atoms with Crippen LogP contribution in [0.3, 0.4) is 0 Å². The van der Waals surface area contributed by atoms with Gasteiger partial charge in [-0.25, -0.2) is 0 Å². The molecule has 0 radical (unpaired) electrons. The molecule has 1 heterocycles. The van der Waals surface area contributed by atoms with Gasteiger partial charge in [0.2, 0.25) is 0 Å². The average Bonchev–Trinajstić information content (AvgIpc) is 2.67. The Morgan fingerprint density at radius 2 is 2.11 bits per heavy atom. The van der Waals surface area contributed by atoms with Crippen molar-refractivity contribution < 1.29 is 4.79 Å². The van der Waals surface area contributed by atoms with Crippen LogP contribution >= 0.6 is 11.5 Å². The molecule has 0 aliphatic carbocycles. The Bertz CT molecular complexity index is 427. The molecular weight excluding hydrogens is 250 g/mol. The molecule has 0 unspecified atom stereocenters. The number of aromatic nitrogens is 1. The van der Waals surface area contributed by atoms with Gasteiger partial charge in [0.25, 0.3) is 5.91 Å². The predicted molar refractivity (Wildman–Crippen MR) is 76.2 cm³/mol. The predicted octanol–water partition coefficient (Wildman–Crippen LogP) is 0.837. The Balaban J connectivity index is 2.83. The standard InChI is InChI=1S/C11H21N5OS/c1-11(2,16(4)5)6-14-10-7(9(17)13-3)8(12)15-18-10/h14H,6H2,1-5H3,(H2,12,15)(H,13,17). The molecule has 0 saturated heterocycles. The van der Waals surface area contributed by atoms with Crippen molar-refractivity contribution in [1.29, 1.82) is 0 Å². The zero-order valence-corrected chi connectivity index (χ0v) is 12.3. The van der Waals surface area contributed by atoms with Crippen molar-refractivity contribution in [2.45, 2.75) is 19.4 Å². The second-order valence-corrected chi connectivity index (χ2v) is 5.68. The summed E-state index contributed by atoms with van der Waals surface area (Å²) in [6.07, 6.45) is 0. The number of rotatable bonds is 5. The summed E-state index contributed by atoms with van der Waals surface area (Å²) in [5.41, 5.74) is 6.10. The van der Waals surface area contributed by atoms with Crippen LogP contribution in [0, 0.1) is 0 Å². The third-order valence-electron chi connectivity index (χ3n) is 3.06. The first-order valence-electron chi connectivity index (χ1n) is 5.68. The lowest BCUT2D eigenvalue weighted by atomic mass is 10.0. The van der Waals surface area contributed by atoms with Gasteiger partial charge in [-0.3, -0.25) is 4.79 Å². The van der Waals surface area contributed by atoms with Crippen LogP contribution in [0.5, 0.6) is 0 Å². The van der Waals surface area contributed by atoms with E-state index in [-0.39, 0.29) is 17.3 Å². The summed E-state index contributed by atoms with van der Waals surface area (Å²) >= 11 is 1.21. The van der Waals surface area contributed by atoms with Crippen molar-refractivity contribution >= 4 is 28.3 Å². The van der Waals surface area contributed by atoms with E-state index in [0.717, 1.165) is 0 Å². The van der Waals surface area contributed by atoms with E-state index in [9.17, 15) is 4.79 Å². The topological polar surface area (TPSA) is 83.3 Å². The first-order valence-corrected chi connectivity index (χ1v) is 6.45. The molecular formula is C11H21N5OS. The van der Waals surface area contributed by atoms with Crippen molar-refractivity contribution in [2.24, 2.45) is 0 Å². The van der Waals surface area contributed by atoms with Crippen molar-refractivity contribution in [1.82, 2.24) is 14.6 Å². The monoisotopic (exact) mass is 271 g/mol. The highest BCUT2D eigenvalue weighted by molar-refractivity contribution is 7.11. The Morgan fingerprint density at radius 3 is 2.61 bits per heavy atom. The number of hydrogen-bond donors (Lipinski definition) is 3. The largest absolute Gasteiger partial charge is 0.382 e. The number of amides is 1. The third-order valence-corrected chi connectivity index (χ3v) is 3.88. The number of nitrogens with one attached hydrogen (secondary N) is 2. The lowest BCUT2D eigenvalue weighted by molar-refractivity contribution is 0.0965. The van der Waals surface area contributed by atoms with Crippen LogP contribution in [0.1, 0.15) is 24.2 Å². The molecule has 0 bridgehead atoms. The Labute approximate surface area is 112 Å². The Hall–Kier alpha value is -1.34. The number of likely N-dealkylation sites (N-methyl/N-ethyl adjacent to an activating group) is 1. The van der Waals surface area contributed by atoms with Crippen molar-refractivity contribution in [3.05, 3.63) is 5.56 Å². The summed E-state index contributed by atoms with van der Waals surface area (Å²) in [4.78, 5) is 13.8. The molecule has 1 rings (SSSR count). The fraction of sp³-hybridized carbons (Fsp3) is 0.636. The number of nitrogens with zero attached hydrogens (tertiary/aromatic N) is 2. The molecule has 0 saturated carbocycles. The van der Waals surface area contributed by atoms with Crippen molar-refractivity contribution in [3.63, 3.8) is 0 Å². The average molecular weight is 271 g/mol. The molecule has 1 aromatic heterocycles. The van der Waals surface area contributed by atoms with E-state index in [1.807, 2.05) is 14.1 Å². The fourth-order valence-electron chi connectivity index (χ4n) is 1.22. The fourth-order valence-corrected chi connectivity index (χ4v) is 1.93. The second kappa shape index (κ2) is 5.53. The number of hydrogen-bond acceptors (Lipinski definition) is 6. The van der Waals surface area contributed by atoms with Crippen molar-refractivity contribution in [2.75, 3.05) is 38.7 Å². The van der Waals surface area contributed by atoms with Gasteiger partial charge >= 0.3 is 0 Å². The summed E-state index contributed by atoms with van der Waals surface area (Å²) in [5.74, 6) is 0.0518. The van der Waals surface area contributed by atoms with E-state index in [0.29, 0.717) is 17.1 Å². The van der Waals surface area contributed by atoms with Gasteiger partial charge in [0, 0.05) is 19.1 Å². The number of carbonyl (C=O) groups excluding carboxylic acids is 1. The highest BCUT2D eigenvalue weighted by atomic mass is 32.1. The van der Waals surface area contributed by atoms with Gasteiger partial charge in [-0.15, -0.1) is 0 Å². The van der Waals surface area contributed by atoms with Crippen LogP contribution in [0.2, 0.25) is 0 Å². The van der Waals surface area contributed by atoms with Crippen LogP contribution in [-0.2, 0) is 0 Å². The zero-order chi connectivity index (χ0) is 13.9. The summed E-state index contributed by atoms with van der Waals surface area (Å²) in [7, 11) is 5.61. The number of anilines is 2. The highest BCUT2D eigenvalue weighted by Gasteiger charge is 2.23. The molecule has 0 atom stereocenters. The molecule has 0 aliphatic heterocycles. The van der Waals surface area contributed by atoms with Gasteiger partial charge in [-0.1, -0.05) is 0 Å². The van der Waals surface area contributed by atoms with Crippen LogP contribution in [0.4, 0.5) is 10.8 Å². The molecule has 1 amide bonds. The van der Waals surface area contributed by atoms with E-state index < -0.39 is 0 Å². The smallest absolute Gasteiger partial charge is 0.257 e. The lowest BCUT2D eigenvalue weighted by Crippen LogP contribution is -2.44. The van der Waals surface area contributed by atoms with Crippen LogP contribution in [-0.4, -0.2) is 48.4 Å². The first-order chi connectivity index (χ1) is 8.29. The van der Waals surface area contributed by atoms with Gasteiger partial charge in [-0.2, -0.15) is 4.37 Å². The van der Waals surface area contributed by atoms with E-state index in [1.54, 1.807) is 7.05 Å². The van der Waals surface area contributed by atoms with E-state index in [4.69, 9.17) is 5.73 Å². The highest BCUT2D eigenvalue weighted by Crippen LogP contribution is 2.27. The number of nitrogens with two attached hydrogens (primary N) is 1. The summed E-state index contributed by atoms with van der Waals surface area (Å²) in [5, 5.41) is 6.52. The minimum absolute atomic E-state index is 0.0291. The third kappa shape index (κ3) is 3.11. The maximum atomic E-state index is 11.7. The molecule has 102 valence electrons. The Kier molecular flexibility index (Phi) is 4.53. The van der Waals surface area contributed by atoms with Crippen LogP contribution < -0.4 is 16.4 Å². The van der Waals surface area contributed by atoms with Gasteiger partial charge in [0.05, 0.1) is 0 Å². The second-order valence-electron chi connectivity index (χ2n) is 4.91. The molecule has 0 aromatic carbocycles. The molecule has 0 fully saturated rings. The van der Waals surface area contributed by atoms with Crippen molar-refractivity contribution in [3.8, 4) is 0 Å². The van der Waals surface area contributed by atoms with Gasteiger partial charge in [0.15, 0.2) is 5.82 Å². The van der Waals surface area contributed by atoms with Crippen LogP contribution in [0.25, 0.3) is 0 Å². The molecule has 18 heavy (non-hydrogen) atoms. The van der Waals surface area contributed by atoms with E-state index in [2.05, 4.69) is 33.8 Å². The summed E-state index contributed by atoms with van der Waals surface area (Å²) < 4.78 is 4.01. The molecule has 1 aromatic rings. The quantitative estimate of drug-likeness (QED) is 0.739. The van der Waals surface area contributed by atoms with Crippen LogP contribution in [0.15, 0.2) is 0 Å². The maximum absolute atomic E-state index is 11.7. The molecule has 0 aliphatic rings.